The Bertz CT molecular complexity index is 816. The molecule has 29 heavy (non-hydrogen) atoms. The summed E-state index contributed by atoms with van der Waals surface area (Å²) in [6, 6.07) is 2.29. The second-order valence-electron chi connectivity index (χ2n) is 7.49. The molecule has 3 N–H and O–H groups in total. The number of urea groups is 1. The van der Waals surface area contributed by atoms with Crippen LogP contribution in [0.25, 0.3) is 0 Å². The molecule has 156 valence electrons. The Hall–Kier alpha value is -3.10. The van der Waals surface area contributed by atoms with Gasteiger partial charge in [0.15, 0.2) is 5.75 Å². The van der Waals surface area contributed by atoms with Crippen molar-refractivity contribution < 1.29 is 24.4 Å². The van der Waals surface area contributed by atoms with Gasteiger partial charge in [-0.3, -0.25) is 14.9 Å². The van der Waals surface area contributed by atoms with Crippen LogP contribution >= 0.6 is 0 Å². The molecule has 2 amide bonds. The zero-order valence-electron chi connectivity index (χ0n) is 16.1. The number of ether oxygens (including phenoxy) is 1. The fourth-order valence-corrected chi connectivity index (χ4v) is 3.89. The average molecular weight is 403 g/mol. The van der Waals surface area contributed by atoms with Crippen LogP contribution in [0.2, 0.25) is 0 Å². The largest absolute Gasteiger partial charge is 0.502 e. The number of hydrogen-bond donors (Lipinski definition) is 3. The van der Waals surface area contributed by atoms with Crippen molar-refractivity contribution in [1.82, 2.24) is 10.6 Å². The summed E-state index contributed by atoms with van der Waals surface area (Å²) in [5.74, 6) is -1.97. The molecule has 0 aromatic heterocycles. The molecule has 9 heteroatoms. The van der Waals surface area contributed by atoms with Crippen LogP contribution in [0, 0.1) is 16.0 Å². The number of nitrogens with zero attached hydrogens (tertiary/aromatic N) is 1. The average Bonchev–Trinajstić information content (AvgIpc) is 2.63. The molecule has 1 saturated carbocycles. The van der Waals surface area contributed by atoms with Crippen molar-refractivity contribution in [2.24, 2.45) is 5.92 Å². The standard InChI is InChI=1S/C20H25N3O6/c1-12-17(19(25)29-14-7-5-3-2-4-6-8-14)18(22-20(26)21-12)13-9-10-16(24)15(11-13)23(27)28/h9-11,14,17-18,24H,1-8H2,(H2,21,22,26). The van der Waals surface area contributed by atoms with Gasteiger partial charge >= 0.3 is 17.7 Å². The maximum Gasteiger partial charge on any atom is 0.319 e. The maximum absolute atomic E-state index is 13.0. The lowest BCUT2D eigenvalue weighted by molar-refractivity contribution is -0.385. The number of aromatic hydroxyl groups is 1. The third-order valence-corrected chi connectivity index (χ3v) is 5.41. The van der Waals surface area contributed by atoms with Gasteiger partial charge in [-0.1, -0.05) is 31.9 Å². The van der Waals surface area contributed by atoms with Gasteiger partial charge in [0.1, 0.15) is 12.0 Å². The molecule has 2 fully saturated rings. The normalized spacial score (nSPS) is 23.3. The minimum absolute atomic E-state index is 0.172. The number of benzene rings is 1. The number of nitrogens with one attached hydrogen (secondary N) is 2. The van der Waals surface area contributed by atoms with E-state index in [1.54, 1.807) is 0 Å². The first-order valence-corrected chi connectivity index (χ1v) is 9.81. The van der Waals surface area contributed by atoms with Gasteiger partial charge in [-0.15, -0.1) is 0 Å². The fraction of sp³-hybridized carbons (Fsp3) is 0.500. The van der Waals surface area contributed by atoms with E-state index in [-0.39, 0.29) is 11.8 Å². The number of hydrogen-bond acceptors (Lipinski definition) is 6. The highest BCUT2D eigenvalue weighted by Gasteiger charge is 2.40. The molecule has 1 aromatic rings. The number of esters is 1. The van der Waals surface area contributed by atoms with Gasteiger partial charge in [-0.25, -0.2) is 4.79 Å². The van der Waals surface area contributed by atoms with Crippen LogP contribution in [0.1, 0.15) is 56.6 Å². The summed E-state index contributed by atoms with van der Waals surface area (Å²) in [5, 5.41) is 26.0. The second kappa shape index (κ2) is 8.93. The van der Waals surface area contributed by atoms with E-state index in [9.17, 15) is 24.8 Å². The Morgan fingerprint density at radius 1 is 1.21 bits per heavy atom. The Labute approximate surface area is 168 Å². The highest BCUT2D eigenvalue weighted by molar-refractivity contribution is 5.85. The number of phenols is 1. The topological polar surface area (TPSA) is 131 Å². The summed E-state index contributed by atoms with van der Waals surface area (Å²) in [6.45, 7) is 3.79. The van der Waals surface area contributed by atoms with Gasteiger partial charge in [0.05, 0.1) is 11.0 Å². The van der Waals surface area contributed by atoms with Crippen molar-refractivity contribution in [2.45, 2.75) is 57.1 Å². The summed E-state index contributed by atoms with van der Waals surface area (Å²) >= 11 is 0. The van der Waals surface area contributed by atoms with Crippen LogP contribution < -0.4 is 10.6 Å². The predicted molar refractivity (Wildman–Crippen MR) is 104 cm³/mol. The highest BCUT2D eigenvalue weighted by atomic mass is 16.6. The van der Waals surface area contributed by atoms with Crippen LogP contribution in [0.4, 0.5) is 10.5 Å². The van der Waals surface area contributed by atoms with Crippen LogP contribution in [0.15, 0.2) is 30.5 Å². The van der Waals surface area contributed by atoms with E-state index in [1.807, 2.05) is 0 Å². The molecule has 1 aliphatic heterocycles. The lowest BCUT2D eigenvalue weighted by Gasteiger charge is -2.34. The smallest absolute Gasteiger partial charge is 0.319 e. The third-order valence-electron chi connectivity index (χ3n) is 5.41. The molecule has 1 heterocycles. The van der Waals surface area contributed by atoms with Crippen molar-refractivity contribution >= 4 is 17.7 Å². The number of rotatable bonds is 4. The first-order valence-electron chi connectivity index (χ1n) is 9.81. The summed E-state index contributed by atoms with van der Waals surface area (Å²) in [4.78, 5) is 35.4. The number of phenolic OH excluding ortho intramolecular Hbond substituents is 1. The van der Waals surface area contributed by atoms with E-state index >= 15 is 0 Å². The lowest BCUT2D eigenvalue weighted by atomic mass is 9.88. The molecule has 0 bridgehead atoms. The first-order chi connectivity index (χ1) is 13.9. The minimum Gasteiger partial charge on any atom is -0.502 e. The second-order valence-corrected chi connectivity index (χ2v) is 7.49. The summed E-state index contributed by atoms with van der Waals surface area (Å²) in [7, 11) is 0. The van der Waals surface area contributed by atoms with E-state index in [0.717, 1.165) is 44.6 Å². The zero-order chi connectivity index (χ0) is 21.0. The molecule has 9 nitrogen and oxygen atoms in total. The third kappa shape index (κ3) is 4.85. The molecule has 1 aliphatic carbocycles. The molecular weight excluding hydrogens is 378 g/mol. The quantitative estimate of drug-likeness (QED) is 0.401. The van der Waals surface area contributed by atoms with Crippen molar-refractivity contribution in [1.29, 1.82) is 0 Å². The minimum atomic E-state index is -0.942. The monoisotopic (exact) mass is 403 g/mol. The Kier molecular flexibility index (Phi) is 6.36. The van der Waals surface area contributed by atoms with Gasteiger partial charge in [0.25, 0.3) is 0 Å². The van der Waals surface area contributed by atoms with E-state index in [4.69, 9.17) is 4.74 Å². The number of nitro benzene ring substituents is 1. The Balaban J connectivity index is 1.85. The van der Waals surface area contributed by atoms with E-state index in [2.05, 4.69) is 17.2 Å². The van der Waals surface area contributed by atoms with Gasteiger partial charge < -0.3 is 20.5 Å². The molecule has 0 radical (unpaired) electrons. The molecule has 3 rings (SSSR count). The molecular formula is C20H25N3O6. The van der Waals surface area contributed by atoms with Crippen LogP contribution in [-0.2, 0) is 9.53 Å². The fourth-order valence-electron chi connectivity index (χ4n) is 3.89. The van der Waals surface area contributed by atoms with E-state index < -0.39 is 40.3 Å². The molecule has 1 aromatic carbocycles. The molecule has 2 atom stereocenters. The van der Waals surface area contributed by atoms with Gasteiger partial charge in [0, 0.05) is 11.8 Å². The molecule has 1 saturated heterocycles. The van der Waals surface area contributed by atoms with Gasteiger partial charge in [-0.2, -0.15) is 0 Å². The predicted octanol–water partition coefficient (Wildman–Crippen LogP) is 3.44. The number of nitro groups is 1. The lowest BCUT2D eigenvalue weighted by Crippen LogP contribution is -2.51. The zero-order valence-corrected chi connectivity index (χ0v) is 16.1. The summed E-state index contributed by atoms with van der Waals surface area (Å²) in [5.41, 5.74) is -0.0246. The summed E-state index contributed by atoms with van der Waals surface area (Å²) in [6.07, 6.45) is 6.79. The van der Waals surface area contributed by atoms with Crippen LogP contribution in [0.5, 0.6) is 5.75 Å². The van der Waals surface area contributed by atoms with Crippen LogP contribution in [0.3, 0.4) is 0 Å². The first kappa shape index (κ1) is 20.6. The Morgan fingerprint density at radius 2 is 1.86 bits per heavy atom. The van der Waals surface area contributed by atoms with Gasteiger partial charge in [0.2, 0.25) is 0 Å². The highest BCUT2D eigenvalue weighted by Crippen LogP contribution is 2.35. The molecule has 2 aliphatic rings. The van der Waals surface area contributed by atoms with E-state index in [1.165, 1.54) is 18.6 Å². The van der Waals surface area contributed by atoms with Crippen molar-refractivity contribution in [3.63, 3.8) is 0 Å². The van der Waals surface area contributed by atoms with Crippen molar-refractivity contribution in [3.05, 3.63) is 46.2 Å². The van der Waals surface area contributed by atoms with Crippen molar-refractivity contribution in [3.8, 4) is 5.75 Å². The number of carbonyl (C=O) groups excluding carboxylic acids is 2. The maximum atomic E-state index is 13.0. The number of amides is 2. The Morgan fingerprint density at radius 3 is 2.52 bits per heavy atom. The van der Waals surface area contributed by atoms with Gasteiger partial charge in [-0.05, 0) is 37.3 Å². The van der Waals surface area contributed by atoms with Crippen molar-refractivity contribution in [2.75, 3.05) is 0 Å². The SMILES string of the molecule is C=C1NC(=O)NC(c2ccc(O)c([N+](=O)[O-])c2)C1C(=O)OC1CCCCCCC1. The molecule has 2 unspecified atom stereocenters. The molecule has 0 spiro atoms. The number of carbonyl (C=O) groups is 2. The van der Waals surface area contributed by atoms with E-state index in [0.29, 0.717) is 5.56 Å². The summed E-state index contributed by atoms with van der Waals surface area (Å²) < 4.78 is 5.75. The van der Waals surface area contributed by atoms with Crippen LogP contribution in [-0.4, -0.2) is 28.1 Å².